The number of hydrogen-bond acceptors (Lipinski definition) is 4. The summed E-state index contributed by atoms with van der Waals surface area (Å²) in [4.78, 5) is 15.6. The van der Waals surface area contributed by atoms with E-state index in [1.165, 1.54) is 5.56 Å². The van der Waals surface area contributed by atoms with Crippen LogP contribution < -0.4 is 9.47 Å². The minimum absolute atomic E-state index is 0.230. The van der Waals surface area contributed by atoms with Crippen LogP contribution in [0.1, 0.15) is 18.4 Å². The van der Waals surface area contributed by atoms with Crippen molar-refractivity contribution in [2.45, 2.75) is 24.2 Å². The van der Waals surface area contributed by atoms with Gasteiger partial charge in [-0.2, -0.15) is 0 Å². The monoisotopic (exact) mass is 383 g/mol. The number of hydrogen-bond donors (Lipinski definition) is 0. The average molecular weight is 384 g/mol. The number of ether oxygens (including phenoxy) is 2. The average Bonchev–Trinajstić information content (AvgIpc) is 2.73. The fourth-order valence-electron chi connectivity index (χ4n) is 3.68. The van der Waals surface area contributed by atoms with Crippen LogP contribution in [0.15, 0.2) is 53.4 Å². The third-order valence-corrected chi connectivity index (χ3v) is 6.19. The van der Waals surface area contributed by atoms with Gasteiger partial charge < -0.3 is 14.4 Å². The maximum absolute atomic E-state index is 12.6. The van der Waals surface area contributed by atoms with Crippen LogP contribution in [0.5, 0.6) is 11.5 Å². The van der Waals surface area contributed by atoms with Gasteiger partial charge in [0.1, 0.15) is 13.2 Å². The van der Waals surface area contributed by atoms with Crippen LogP contribution in [0.2, 0.25) is 0 Å². The van der Waals surface area contributed by atoms with Gasteiger partial charge in [-0.05, 0) is 48.9 Å². The van der Waals surface area contributed by atoms with E-state index in [2.05, 4.69) is 30.3 Å². The first-order valence-corrected chi connectivity index (χ1v) is 10.6. The summed E-state index contributed by atoms with van der Waals surface area (Å²) >= 11 is 1.57. The molecule has 0 atom stereocenters. The highest BCUT2D eigenvalue weighted by molar-refractivity contribution is 8.00. The molecule has 2 aliphatic rings. The SMILES string of the molecule is O=C(CSc1ccc2c(c1)OCCO2)N1CCC(Cc2ccccc2)CC1. The molecular weight excluding hydrogens is 358 g/mol. The Kier molecular flexibility index (Phi) is 5.87. The van der Waals surface area contributed by atoms with E-state index in [1.54, 1.807) is 11.8 Å². The zero-order valence-electron chi connectivity index (χ0n) is 15.4. The van der Waals surface area contributed by atoms with Gasteiger partial charge in [-0.15, -0.1) is 11.8 Å². The lowest BCUT2D eigenvalue weighted by Crippen LogP contribution is -2.39. The maximum Gasteiger partial charge on any atom is 0.232 e. The minimum atomic E-state index is 0.230. The highest BCUT2D eigenvalue weighted by Gasteiger charge is 2.23. The van der Waals surface area contributed by atoms with Crippen molar-refractivity contribution in [2.75, 3.05) is 32.1 Å². The second-order valence-electron chi connectivity index (χ2n) is 7.11. The lowest BCUT2D eigenvalue weighted by molar-refractivity contribution is -0.129. The molecule has 1 saturated heterocycles. The van der Waals surface area contributed by atoms with Gasteiger partial charge in [0.15, 0.2) is 11.5 Å². The molecule has 5 heteroatoms. The molecule has 1 fully saturated rings. The standard InChI is InChI=1S/C22H25NO3S/c24-22(16-27-19-6-7-20-21(15-19)26-13-12-25-20)23-10-8-18(9-11-23)14-17-4-2-1-3-5-17/h1-7,15,18H,8-14,16H2. The fraction of sp³-hybridized carbons (Fsp3) is 0.409. The molecule has 1 amide bonds. The Morgan fingerprint density at radius 2 is 1.74 bits per heavy atom. The van der Waals surface area contributed by atoms with Crippen molar-refractivity contribution < 1.29 is 14.3 Å². The van der Waals surface area contributed by atoms with Crippen LogP contribution in [0, 0.1) is 5.92 Å². The predicted molar refractivity (Wildman–Crippen MR) is 108 cm³/mol. The number of carbonyl (C=O) groups is 1. The van der Waals surface area contributed by atoms with E-state index in [4.69, 9.17) is 9.47 Å². The molecule has 0 N–H and O–H groups in total. The fourth-order valence-corrected chi connectivity index (χ4v) is 4.51. The third kappa shape index (κ3) is 4.78. The van der Waals surface area contributed by atoms with Crippen LogP contribution >= 0.6 is 11.8 Å². The number of rotatable bonds is 5. The molecule has 0 spiro atoms. The molecule has 0 radical (unpaired) electrons. The molecule has 4 nitrogen and oxygen atoms in total. The van der Waals surface area contributed by atoms with E-state index < -0.39 is 0 Å². The summed E-state index contributed by atoms with van der Waals surface area (Å²) in [6, 6.07) is 16.5. The van der Waals surface area contributed by atoms with Gasteiger partial charge in [-0.1, -0.05) is 30.3 Å². The van der Waals surface area contributed by atoms with Gasteiger partial charge in [0.05, 0.1) is 5.75 Å². The largest absolute Gasteiger partial charge is 0.486 e. The Bertz CT molecular complexity index is 772. The van der Waals surface area contributed by atoms with Crippen molar-refractivity contribution in [3.05, 3.63) is 54.1 Å². The van der Waals surface area contributed by atoms with Crippen molar-refractivity contribution in [1.82, 2.24) is 4.90 Å². The molecule has 4 rings (SSSR count). The Labute approximate surface area is 164 Å². The van der Waals surface area contributed by atoms with Gasteiger partial charge in [0, 0.05) is 18.0 Å². The summed E-state index contributed by atoms with van der Waals surface area (Å²) in [5.41, 5.74) is 1.40. The van der Waals surface area contributed by atoms with E-state index in [0.717, 1.165) is 48.7 Å². The van der Waals surface area contributed by atoms with E-state index >= 15 is 0 Å². The quantitative estimate of drug-likeness (QED) is 0.731. The topological polar surface area (TPSA) is 38.8 Å². The molecule has 2 aliphatic heterocycles. The summed E-state index contributed by atoms with van der Waals surface area (Å²) in [6.45, 7) is 2.92. The molecule has 27 heavy (non-hydrogen) atoms. The number of nitrogens with zero attached hydrogens (tertiary/aromatic N) is 1. The van der Waals surface area contributed by atoms with Crippen LogP contribution in [0.25, 0.3) is 0 Å². The summed E-state index contributed by atoms with van der Waals surface area (Å²) in [7, 11) is 0. The molecule has 2 heterocycles. The summed E-state index contributed by atoms with van der Waals surface area (Å²) in [5, 5.41) is 0. The molecule has 0 aliphatic carbocycles. The van der Waals surface area contributed by atoms with Crippen molar-refractivity contribution in [3.63, 3.8) is 0 Å². The Balaban J connectivity index is 1.24. The normalized spacial score (nSPS) is 17.0. The Morgan fingerprint density at radius 1 is 1.00 bits per heavy atom. The van der Waals surface area contributed by atoms with E-state index in [0.29, 0.717) is 24.9 Å². The van der Waals surface area contributed by atoms with E-state index in [9.17, 15) is 4.79 Å². The third-order valence-electron chi connectivity index (χ3n) is 5.21. The number of carbonyl (C=O) groups excluding carboxylic acids is 1. The van der Waals surface area contributed by atoms with Gasteiger partial charge >= 0.3 is 0 Å². The van der Waals surface area contributed by atoms with Gasteiger partial charge in [-0.25, -0.2) is 0 Å². The van der Waals surface area contributed by atoms with Gasteiger partial charge in [0.25, 0.3) is 0 Å². The molecule has 0 bridgehead atoms. The van der Waals surface area contributed by atoms with Crippen LogP contribution in [-0.2, 0) is 11.2 Å². The van der Waals surface area contributed by atoms with E-state index in [-0.39, 0.29) is 5.91 Å². The first kappa shape index (κ1) is 18.2. The molecule has 0 aromatic heterocycles. The molecule has 2 aromatic rings. The van der Waals surface area contributed by atoms with Crippen LogP contribution in [0.4, 0.5) is 0 Å². The van der Waals surface area contributed by atoms with Crippen molar-refractivity contribution in [3.8, 4) is 11.5 Å². The lowest BCUT2D eigenvalue weighted by atomic mass is 9.90. The van der Waals surface area contributed by atoms with Crippen LogP contribution in [-0.4, -0.2) is 42.9 Å². The number of fused-ring (bicyclic) bond motifs is 1. The summed E-state index contributed by atoms with van der Waals surface area (Å²) < 4.78 is 11.2. The van der Waals surface area contributed by atoms with Gasteiger partial charge in [0.2, 0.25) is 5.91 Å². The zero-order valence-corrected chi connectivity index (χ0v) is 16.2. The summed E-state index contributed by atoms with van der Waals surface area (Å²) in [6.07, 6.45) is 3.31. The first-order valence-electron chi connectivity index (χ1n) is 9.62. The number of thioether (sulfide) groups is 1. The molecule has 0 saturated carbocycles. The first-order chi connectivity index (χ1) is 13.3. The van der Waals surface area contributed by atoms with Crippen molar-refractivity contribution in [1.29, 1.82) is 0 Å². The zero-order chi connectivity index (χ0) is 18.5. The molecular formula is C22H25NO3S. The molecule has 2 aromatic carbocycles. The Morgan fingerprint density at radius 3 is 2.52 bits per heavy atom. The predicted octanol–water partition coefficient (Wildman–Crippen LogP) is 4.03. The number of benzene rings is 2. The number of amides is 1. The van der Waals surface area contributed by atoms with Crippen molar-refractivity contribution in [2.24, 2.45) is 5.92 Å². The minimum Gasteiger partial charge on any atom is -0.486 e. The second-order valence-corrected chi connectivity index (χ2v) is 8.16. The molecule has 142 valence electrons. The molecule has 0 unspecified atom stereocenters. The Hall–Kier alpha value is -2.14. The number of likely N-dealkylation sites (tertiary alicyclic amines) is 1. The van der Waals surface area contributed by atoms with Crippen molar-refractivity contribution >= 4 is 17.7 Å². The maximum atomic E-state index is 12.6. The lowest BCUT2D eigenvalue weighted by Gasteiger charge is -2.32. The van der Waals surface area contributed by atoms with E-state index in [1.807, 2.05) is 23.1 Å². The van der Waals surface area contributed by atoms with Gasteiger partial charge in [-0.3, -0.25) is 4.79 Å². The summed E-state index contributed by atoms with van der Waals surface area (Å²) in [5.74, 6) is 2.95. The highest BCUT2D eigenvalue weighted by Crippen LogP contribution is 2.34. The smallest absolute Gasteiger partial charge is 0.232 e. The number of piperidine rings is 1. The highest BCUT2D eigenvalue weighted by atomic mass is 32.2. The van der Waals surface area contributed by atoms with Crippen LogP contribution in [0.3, 0.4) is 0 Å². The second kappa shape index (κ2) is 8.70.